The molecule has 0 radical (unpaired) electrons. The van der Waals surface area contributed by atoms with E-state index in [0.29, 0.717) is 18.0 Å². The van der Waals surface area contributed by atoms with Crippen LogP contribution in [0.25, 0.3) is 0 Å². The number of methoxy groups -OCH3 is 1. The van der Waals surface area contributed by atoms with Crippen molar-refractivity contribution >= 4 is 5.91 Å². The number of hydrogen-bond donors (Lipinski definition) is 1. The first-order chi connectivity index (χ1) is 12.7. The van der Waals surface area contributed by atoms with Gasteiger partial charge < -0.3 is 14.8 Å². The molecule has 5 heteroatoms. The van der Waals surface area contributed by atoms with E-state index >= 15 is 0 Å². The van der Waals surface area contributed by atoms with Crippen molar-refractivity contribution in [3.05, 3.63) is 59.7 Å². The van der Waals surface area contributed by atoms with Crippen molar-refractivity contribution < 1.29 is 14.3 Å². The molecule has 0 aliphatic carbocycles. The number of nitrogens with one attached hydrogen (secondary N) is 1. The van der Waals surface area contributed by atoms with Gasteiger partial charge in [-0.15, -0.1) is 0 Å². The molecule has 0 heterocycles. The van der Waals surface area contributed by atoms with Crippen molar-refractivity contribution in [2.45, 2.75) is 26.9 Å². The Labute approximate surface area is 155 Å². The van der Waals surface area contributed by atoms with Crippen molar-refractivity contribution in [3.63, 3.8) is 0 Å². The van der Waals surface area contributed by atoms with Crippen LogP contribution in [-0.2, 0) is 17.9 Å². The van der Waals surface area contributed by atoms with Crippen LogP contribution in [0.15, 0.2) is 48.5 Å². The van der Waals surface area contributed by atoms with E-state index in [2.05, 4.69) is 36.2 Å². The molecule has 2 aromatic rings. The zero-order valence-corrected chi connectivity index (χ0v) is 15.8. The summed E-state index contributed by atoms with van der Waals surface area (Å²) in [5.74, 6) is 1.01. The number of hydrogen-bond acceptors (Lipinski definition) is 4. The Hall–Kier alpha value is -2.53. The zero-order valence-electron chi connectivity index (χ0n) is 15.8. The smallest absolute Gasteiger partial charge is 0.258 e. The number of para-hydroxylation sites is 2. The van der Waals surface area contributed by atoms with Crippen molar-refractivity contribution in [1.82, 2.24) is 10.2 Å². The Balaban J connectivity index is 1.83. The zero-order chi connectivity index (χ0) is 18.8. The summed E-state index contributed by atoms with van der Waals surface area (Å²) in [7, 11) is 1.58. The molecule has 0 saturated carbocycles. The molecule has 140 valence electrons. The van der Waals surface area contributed by atoms with E-state index in [4.69, 9.17) is 9.47 Å². The van der Waals surface area contributed by atoms with E-state index in [9.17, 15) is 4.79 Å². The highest BCUT2D eigenvalue weighted by Crippen LogP contribution is 2.25. The summed E-state index contributed by atoms with van der Waals surface area (Å²) in [6, 6.07) is 15.6. The first-order valence-electron chi connectivity index (χ1n) is 8.99. The van der Waals surface area contributed by atoms with Crippen LogP contribution in [0.1, 0.15) is 25.0 Å². The fraction of sp³-hybridized carbons (Fsp3) is 0.381. The van der Waals surface area contributed by atoms with Crippen LogP contribution in [0, 0.1) is 0 Å². The minimum Gasteiger partial charge on any atom is -0.493 e. The van der Waals surface area contributed by atoms with Gasteiger partial charge in [-0.1, -0.05) is 50.2 Å². The van der Waals surface area contributed by atoms with Gasteiger partial charge in [-0.25, -0.2) is 0 Å². The maximum absolute atomic E-state index is 12.1. The van der Waals surface area contributed by atoms with Crippen LogP contribution in [0.4, 0.5) is 0 Å². The largest absolute Gasteiger partial charge is 0.493 e. The Morgan fingerprint density at radius 1 is 1.00 bits per heavy atom. The van der Waals surface area contributed by atoms with Crippen LogP contribution in [0.2, 0.25) is 0 Å². The minimum absolute atomic E-state index is 0.0422. The highest BCUT2D eigenvalue weighted by molar-refractivity contribution is 5.77. The predicted octanol–water partition coefficient (Wildman–Crippen LogP) is 3.23. The number of ether oxygens (including phenoxy) is 2. The van der Waals surface area contributed by atoms with E-state index in [1.807, 2.05) is 24.3 Å². The molecule has 0 aliphatic heterocycles. The fourth-order valence-corrected chi connectivity index (χ4v) is 2.68. The standard InChI is InChI=1S/C21H28N2O3/c1-4-23(5-2)15-18-10-8-9-17(13-18)14-22-21(24)16-26-20-12-7-6-11-19(20)25-3/h6-13H,4-5,14-16H2,1-3H3,(H,22,24). The lowest BCUT2D eigenvalue weighted by Crippen LogP contribution is -2.28. The maximum Gasteiger partial charge on any atom is 0.258 e. The minimum atomic E-state index is -0.162. The predicted molar refractivity (Wildman–Crippen MR) is 103 cm³/mol. The number of rotatable bonds is 10. The molecule has 2 aromatic carbocycles. The number of amides is 1. The van der Waals surface area contributed by atoms with Gasteiger partial charge in [-0.2, -0.15) is 0 Å². The third kappa shape index (κ3) is 6.08. The summed E-state index contributed by atoms with van der Waals surface area (Å²) in [6.45, 7) is 7.74. The SMILES string of the molecule is CCN(CC)Cc1cccc(CNC(=O)COc2ccccc2OC)c1. The Kier molecular flexibility index (Phi) is 7.96. The molecule has 0 aliphatic rings. The maximum atomic E-state index is 12.1. The Morgan fingerprint density at radius 2 is 1.69 bits per heavy atom. The van der Waals surface area contributed by atoms with Crippen molar-refractivity contribution in [2.75, 3.05) is 26.8 Å². The molecule has 1 N–H and O–H groups in total. The van der Waals surface area contributed by atoms with E-state index < -0.39 is 0 Å². The highest BCUT2D eigenvalue weighted by Gasteiger charge is 2.07. The molecule has 0 aromatic heterocycles. The average Bonchev–Trinajstić information content (AvgIpc) is 2.69. The monoisotopic (exact) mass is 356 g/mol. The lowest BCUT2D eigenvalue weighted by Gasteiger charge is -2.18. The summed E-state index contributed by atoms with van der Waals surface area (Å²) in [5.41, 5.74) is 2.34. The second-order valence-corrected chi connectivity index (χ2v) is 6.00. The van der Waals surface area contributed by atoms with E-state index in [0.717, 1.165) is 25.2 Å². The van der Waals surface area contributed by atoms with Crippen LogP contribution in [0.5, 0.6) is 11.5 Å². The summed E-state index contributed by atoms with van der Waals surface area (Å²) < 4.78 is 10.7. The molecular weight excluding hydrogens is 328 g/mol. The van der Waals surface area contributed by atoms with Crippen molar-refractivity contribution in [2.24, 2.45) is 0 Å². The molecular formula is C21H28N2O3. The number of benzene rings is 2. The molecule has 26 heavy (non-hydrogen) atoms. The Morgan fingerprint density at radius 3 is 2.38 bits per heavy atom. The quantitative estimate of drug-likeness (QED) is 0.710. The lowest BCUT2D eigenvalue weighted by atomic mass is 10.1. The van der Waals surface area contributed by atoms with E-state index in [1.165, 1.54) is 5.56 Å². The van der Waals surface area contributed by atoms with Gasteiger partial charge in [0.05, 0.1) is 7.11 Å². The van der Waals surface area contributed by atoms with Gasteiger partial charge >= 0.3 is 0 Å². The Bertz CT molecular complexity index is 699. The van der Waals surface area contributed by atoms with Gasteiger partial charge in [0, 0.05) is 13.1 Å². The molecule has 0 atom stereocenters. The molecule has 0 bridgehead atoms. The number of carbonyl (C=O) groups is 1. The molecule has 0 spiro atoms. The van der Waals surface area contributed by atoms with Crippen molar-refractivity contribution in [1.29, 1.82) is 0 Å². The van der Waals surface area contributed by atoms with E-state index in [-0.39, 0.29) is 12.5 Å². The average molecular weight is 356 g/mol. The normalized spacial score (nSPS) is 10.6. The molecule has 5 nitrogen and oxygen atoms in total. The second-order valence-electron chi connectivity index (χ2n) is 6.00. The van der Waals surface area contributed by atoms with Crippen LogP contribution < -0.4 is 14.8 Å². The van der Waals surface area contributed by atoms with E-state index in [1.54, 1.807) is 19.2 Å². The fourth-order valence-electron chi connectivity index (χ4n) is 2.68. The molecule has 2 rings (SSSR count). The second kappa shape index (κ2) is 10.5. The summed E-state index contributed by atoms with van der Waals surface area (Å²) in [4.78, 5) is 14.4. The van der Waals surface area contributed by atoms with Crippen molar-refractivity contribution in [3.8, 4) is 11.5 Å². The molecule has 0 unspecified atom stereocenters. The van der Waals surface area contributed by atoms with Crippen LogP contribution in [0.3, 0.4) is 0 Å². The first kappa shape index (κ1) is 19.8. The summed E-state index contributed by atoms with van der Waals surface area (Å²) >= 11 is 0. The number of carbonyl (C=O) groups excluding carboxylic acids is 1. The first-order valence-corrected chi connectivity index (χ1v) is 8.99. The van der Waals surface area contributed by atoms with Gasteiger partial charge in [0.15, 0.2) is 18.1 Å². The van der Waals surface area contributed by atoms with Gasteiger partial charge in [-0.05, 0) is 36.3 Å². The topological polar surface area (TPSA) is 50.8 Å². The van der Waals surface area contributed by atoms with Gasteiger partial charge in [0.25, 0.3) is 5.91 Å². The summed E-state index contributed by atoms with van der Waals surface area (Å²) in [6.07, 6.45) is 0. The third-order valence-electron chi connectivity index (χ3n) is 4.21. The van der Waals surface area contributed by atoms with Gasteiger partial charge in [0.1, 0.15) is 0 Å². The molecule has 1 amide bonds. The van der Waals surface area contributed by atoms with Gasteiger partial charge in [-0.3, -0.25) is 9.69 Å². The third-order valence-corrected chi connectivity index (χ3v) is 4.21. The lowest BCUT2D eigenvalue weighted by molar-refractivity contribution is -0.123. The van der Waals surface area contributed by atoms with Crippen LogP contribution >= 0.6 is 0 Å². The summed E-state index contributed by atoms with van der Waals surface area (Å²) in [5, 5.41) is 2.90. The van der Waals surface area contributed by atoms with Gasteiger partial charge in [0.2, 0.25) is 0 Å². The van der Waals surface area contributed by atoms with Crippen LogP contribution in [-0.4, -0.2) is 37.6 Å². The molecule has 0 fully saturated rings. The number of nitrogens with zero attached hydrogens (tertiary/aromatic N) is 1. The molecule has 0 saturated heterocycles. The highest BCUT2D eigenvalue weighted by atomic mass is 16.5.